The molecule has 0 aromatic carbocycles. The number of hydrogen-bond donors (Lipinski definition) is 0. The summed E-state index contributed by atoms with van der Waals surface area (Å²) in [4.78, 5) is 18.3. The van der Waals surface area contributed by atoms with Gasteiger partial charge in [-0.2, -0.15) is 0 Å². The molecule has 98 valence electrons. The molecule has 2 unspecified atom stereocenters. The molecule has 0 bridgehead atoms. The quantitative estimate of drug-likeness (QED) is 0.743. The SMILES string of the molecule is CC1COC(CBr)CN1C(=O)c1cncc(Br)c1. The summed E-state index contributed by atoms with van der Waals surface area (Å²) in [6, 6.07) is 1.88. The lowest BCUT2D eigenvalue weighted by Gasteiger charge is -2.37. The highest BCUT2D eigenvalue weighted by atomic mass is 79.9. The van der Waals surface area contributed by atoms with E-state index in [1.54, 1.807) is 18.5 Å². The predicted molar refractivity (Wildman–Crippen MR) is 76.0 cm³/mol. The number of hydrogen-bond acceptors (Lipinski definition) is 3. The standard InChI is InChI=1S/C12H14Br2N2O2/c1-8-7-18-11(3-13)6-16(8)12(17)9-2-10(14)5-15-4-9/h2,4-5,8,11H,3,6-7H2,1H3. The summed E-state index contributed by atoms with van der Waals surface area (Å²) in [5.41, 5.74) is 0.603. The first-order valence-electron chi connectivity index (χ1n) is 5.71. The van der Waals surface area contributed by atoms with Gasteiger partial charge in [0.1, 0.15) is 0 Å². The Kier molecular flexibility index (Phi) is 4.75. The molecule has 1 saturated heterocycles. The van der Waals surface area contributed by atoms with Crippen LogP contribution >= 0.6 is 31.9 Å². The van der Waals surface area contributed by atoms with E-state index in [2.05, 4.69) is 36.8 Å². The number of alkyl halides is 1. The highest BCUT2D eigenvalue weighted by Gasteiger charge is 2.29. The Morgan fingerprint density at radius 3 is 3.06 bits per heavy atom. The van der Waals surface area contributed by atoms with E-state index in [0.29, 0.717) is 18.7 Å². The second-order valence-corrected chi connectivity index (χ2v) is 5.87. The zero-order chi connectivity index (χ0) is 13.1. The third-order valence-electron chi connectivity index (χ3n) is 2.89. The molecule has 0 spiro atoms. The minimum absolute atomic E-state index is 0.00514. The predicted octanol–water partition coefficient (Wildman–Crippen LogP) is 2.47. The van der Waals surface area contributed by atoms with Crippen LogP contribution in [0.2, 0.25) is 0 Å². The van der Waals surface area contributed by atoms with Crippen molar-refractivity contribution in [2.75, 3.05) is 18.5 Å². The zero-order valence-corrected chi connectivity index (χ0v) is 13.1. The molecule has 1 fully saturated rings. The van der Waals surface area contributed by atoms with Gasteiger partial charge in [0, 0.05) is 28.7 Å². The summed E-state index contributed by atoms with van der Waals surface area (Å²) >= 11 is 6.72. The number of nitrogens with zero attached hydrogens (tertiary/aromatic N) is 2. The van der Waals surface area contributed by atoms with Crippen molar-refractivity contribution >= 4 is 37.8 Å². The first-order chi connectivity index (χ1) is 8.61. The molecule has 18 heavy (non-hydrogen) atoms. The van der Waals surface area contributed by atoms with Gasteiger partial charge >= 0.3 is 0 Å². The minimum Gasteiger partial charge on any atom is -0.373 e. The molecular formula is C12H14Br2N2O2. The number of amides is 1. The number of carbonyl (C=O) groups excluding carboxylic acids is 1. The van der Waals surface area contributed by atoms with Crippen LogP contribution in [-0.4, -0.2) is 46.4 Å². The maximum atomic E-state index is 12.4. The number of halogens is 2. The Labute approximate surface area is 123 Å². The van der Waals surface area contributed by atoms with E-state index in [0.717, 1.165) is 9.80 Å². The first kappa shape index (κ1) is 14.0. The van der Waals surface area contributed by atoms with E-state index < -0.39 is 0 Å². The molecule has 2 heterocycles. The molecule has 0 saturated carbocycles. The van der Waals surface area contributed by atoms with Gasteiger partial charge in [-0.25, -0.2) is 0 Å². The van der Waals surface area contributed by atoms with Crippen LogP contribution in [0.4, 0.5) is 0 Å². The Morgan fingerprint density at radius 1 is 1.61 bits per heavy atom. The summed E-state index contributed by atoms with van der Waals surface area (Å²) in [7, 11) is 0. The Hall–Kier alpha value is -0.460. The van der Waals surface area contributed by atoms with E-state index in [1.165, 1.54) is 0 Å². The van der Waals surface area contributed by atoms with Crippen molar-refractivity contribution in [2.45, 2.75) is 19.1 Å². The number of morpholine rings is 1. The van der Waals surface area contributed by atoms with Crippen molar-refractivity contribution in [3.8, 4) is 0 Å². The summed E-state index contributed by atoms with van der Waals surface area (Å²) in [6.45, 7) is 3.18. The lowest BCUT2D eigenvalue weighted by atomic mass is 10.1. The van der Waals surface area contributed by atoms with Gasteiger partial charge in [-0.1, -0.05) is 15.9 Å². The van der Waals surface area contributed by atoms with E-state index in [4.69, 9.17) is 4.74 Å². The van der Waals surface area contributed by atoms with Crippen molar-refractivity contribution in [3.05, 3.63) is 28.5 Å². The largest absolute Gasteiger partial charge is 0.373 e. The zero-order valence-electron chi connectivity index (χ0n) is 9.97. The van der Waals surface area contributed by atoms with Crippen LogP contribution in [0.15, 0.2) is 22.9 Å². The highest BCUT2D eigenvalue weighted by molar-refractivity contribution is 9.10. The topological polar surface area (TPSA) is 42.4 Å². The van der Waals surface area contributed by atoms with Crippen LogP contribution in [0.3, 0.4) is 0 Å². The van der Waals surface area contributed by atoms with Gasteiger partial charge < -0.3 is 9.64 Å². The van der Waals surface area contributed by atoms with Crippen LogP contribution in [0.25, 0.3) is 0 Å². The van der Waals surface area contributed by atoms with Crippen LogP contribution in [-0.2, 0) is 4.74 Å². The second-order valence-electron chi connectivity index (χ2n) is 4.31. The Bertz CT molecular complexity index is 442. The smallest absolute Gasteiger partial charge is 0.255 e. The van der Waals surface area contributed by atoms with Crippen LogP contribution in [0, 0.1) is 0 Å². The fourth-order valence-corrected chi connectivity index (χ4v) is 2.64. The Balaban J connectivity index is 2.16. The van der Waals surface area contributed by atoms with Crippen molar-refractivity contribution in [1.82, 2.24) is 9.88 Å². The van der Waals surface area contributed by atoms with Crippen LogP contribution < -0.4 is 0 Å². The second kappa shape index (κ2) is 6.12. The van der Waals surface area contributed by atoms with Gasteiger partial charge in [0.25, 0.3) is 5.91 Å². The van der Waals surface area contributed by atoms with E-state index in [1.807, 2.05) is 11.8 Å². The summed E-state index contributed by atoms with van der Waals surface area (Å²) < 4.78 is 6.43. The van der Waals surface area contributed by atoms with Gasteiger partial charge in [0.15, 0.2) is 0 Å². The van der Waals surface area contributed by atoms with Gasteiger partial charge in [-0.3, -0.25) is 9.78 Å². The monoisotopic (exact) mass is 376 g/mol. The molecule has 2 rings (SSSR count). The maximum Gasteiger partial charge on any atom is 0.255 e. The molecule has 0 N–H and O–H groups in total. The summed E-state index contributed by atoms with van der Waals surface area (Å²) in [5.74, 6) is 0.00514. The lowest BCUT2D eigenvalue weighted by Crippen LogP contribution is -2.51. The van der Waals surface area contributed by atoms with Crippen molar-refractivity contribution in [3.63, 3.8) is 0 Å². The van der Waals surface area contributed by atoms with Crippen molar-refractivity contribution in [1.29, 1.82) is 0 Å². The molecule has 1 amide bonds. The molecule has 1 aliphatic heterocycles. The van der Waals surface area contributed by atoms with Gasteiger partial charge in [0.2, 0.25) is 0 Å². The maximum absolute atomic E-state index is 12.4. The van der Waals surface area contributed by atoms with Gasteiger partial charge in [-0.15, -0.1) is 0 Å². The number of ether oxygens (including phenoxy) is 1. The molecule has 6 heteroatoms. The van der Waals surface area contributed by atoms with E-state index in [9.17, 15) is 4.79 Å². The summed E-state index contributed by atoms with van der Waals surface area (Å²) in [6.07, 6.45) is 3.32. The average Bonchev–Trinajstić information content (AvgIpc) is 2.38. The van der Waals surface area contributed by atoms with E-state index >= 15 is 0 Å². The molecule has 0 radical (unpaired) electrons. The third kappa shape index (κ3) is 3.10. The van der Waals surface area contributed by atoms with Gasteiger partial charge in [-0.05, 0) is 28.9 Å². The first-order valence-corrected chi connectivity index (χ1v) is 7.62. The average molecular weight is 378 g/mol. The van der Waals surface area contributed by atoms with Crippen LogP contribution in [0.5, 0.6) is 0 Å². The molecule has 1 aromatic heterocycles. The Morgan fingerprint density at radius 2 is 2.39 bits per heavy atom. The third-order valence-corrected chi connectivity index (χ3v) is 4.05. The minimum atomic E-state index is 0.00514. The molecule has 1 aliphatic rings. The normalized spacial score (nSPS) is 24.1. The van der Waals surface area contributed by atoms with Crippen LogP contribution in [0.1, 0.15) is 17.3 Å². The van der Waals surface area contributed by atoms with Crippen molar-refractivity contribution in [2.24, 2.45) is 0 Å². The fourth-order valence-electron chi connectivity index (χ4n) is 1.89. The van der Waals surface area contributed by atoms with Gasteiger partial charge in [0.05, 0.1) is 24.3 Å². The van der Waals surface area contributed by atoms with Crippen molar-refractivity contribution < 1.29 is 9.53 Å². The molecular weight excluding hydrogens is 364 g/mol. The number of carbonyl (C=O) groups is 1. The molecule has 1 aromatic rings. The van der Waals surface area contributed by atoms with E-state index in [-0.39, 0.29) is 18.1 Å². The molecule has 2 atom stereocenters. The lowest BCUT2D eigenvalue weighted by molar-refractivity contribution is -0.0361. The highest BCUT2D eigenvalue weighted by Crippen LogP contribution is 2.18. The summed E-state index contributed by atoms with van der Waals surface area (Å²) in [5, 5.41) is 0.736. The molecule has 4 nitrogen and oxygen atoms in total. The number of aromatic nitrogens is 1. The molecule has 0 aliphatic carbocycles. The number of rotatable bonds is 2. The number of pyridine rings is 1. The fraction of sp³-hybridized carbons (Fsp3) is 0.500.